The number of benzene rings is 1. The number of aromatic amines is 1. The van der Waals surface area contributed by atoms with Crippen molar-refractivity contribution in [3.63, 3.8) is 0 Å². The first-order valence-corrected chi connectivity index (χ1v) is 16.4. The maximum absolute atomic E-state index is 12.6. The second-order valence-corrected chi connectivity index (χ2v) is 13.3. The van der Waals surface area contributed by atoms with Crippen LogP contribution in [0.2, 0.25) is 0 Å². The lowest BCUT2D eigenvalue weighted by Crippen LogP contribution is -2.33. The summed E-state index contributed by atoms with van der Waals surface area (Å²) >= 11 is 0. The maximum atomic E-state index is 12.6. The summed E-state index contributed by atoms with van der Waals surface area (Å²) in [5, 5.41) is 12.1. The van der Waals surface area contributed by atoms with Gasteiger partial charge in [-0.1, -0.05) is 76.5 Å². The van der Waals surface area contributed by atoms with Crippen molar-refractivity contribution in [2.24, 2.45) is 0 Å². The molecule has 3 rings (SSSR count). The molecule has 0 unspecified atom stereocenters. The van der Waals surface area contributed by atoms with Crippen molar-refractivity contribution in [1.29, 1.82) is 0 Å². The van der Waals surface area contributed by atoms with Gasteiger partial charge in [0.2, 0.25) is 0 Å². The number of carbonyl (C=O) groups is 1. The minimum atomic E-state index is -1.03. The first-order chi connectivity index (χ1) is 19.6. The van der Waals surface area contributed by atoms with E-state index in [-0.39, 0.29) is 30.2 Å². The lowest BCUT2D eigenvalue weighted by molar-refractivity contribution is -0.145. The fourth-order valence-corrected chi connectivity index (χ4v) is 5.70. The quantitative estimate of drug-likeness (QED) is 0.0682. The van der Waals surface area contributed by atoms with E-state index in [1.54, 1.807) is 13.8 Å². The SMILES string of the molecule is CCCCCCCC/C=C/CCCCCCCC(=O)OC[C@H](c1c[nH]c2ccc(C[C@@H]3OC3(C)C)cc12)C(C)(C)O. The Morgan fingerprint density at radius 1 is 1.02 bits per heavy atom. The van der Waals surface area contributed by atoms with Crippen molar-refractivity contribution < 1.29 is 19.4 Å². The molecule has 0 amide bonds. The summed E-state index contributed by atoms with van der Waals surface area (Å²) in [4.78, 5) is 15.9. The lowest BCUT2D eigenvalue weighted by atomic mass is 9.85. The number of esters is 1. The van der Waals surface area contributed by atoms with Gasteiger partial charge < -0.3 is 19.6 Å². The monoisotopic (exact) mass is 567 g/mol. The number of ether oxygens (including phenoxy) is 2. The van der Waals surface area contributed by atoms with Gasteiger partial charge in [0.15, 0.2) is 0 Å². The molecule has 41 heavy (non-hydrogen) atoms. The van der Waals surface area contributed by atoms with Crippen LogP contribution in [0.1, 0.15) is 142 Å². The van der Waals surface area contributed by atoms with E-state index in [2.05, 4.69) is 56.1 Å². The second kappa shape index (κ2) is 16.5. The second-order valence-electron chi connectivity index (χ2n) is 13.3. The van der Waals surface area contributed by atoms with Crippen LogP contribution in [0.25, 0.3) is 10.9 Å². The average molecular weight is 568 g/mol. The minimum absolute atomic E-state index is 0.0518. The smallest absolute Gasteiger partial charge is 0.305 e. The number of unbranched alkanes of at least 4 members (excludes halogenated alkanes) is 11. The summed E-state index contributed by atoms with van der Waals surface area (Å²) in [5.74, 6) is -0.497. The Bertz CT molecular complexity index is 1080. The molecule has 230 valence electrons. The molecule has 1 aliphatic heterocycles. The summed E-state index contributed by atoms with van der Waals surface area (Å²) in [6.45, 7) is 10.3. The predicted molar refractivity (Wildman–Crippen MR) is 170 cm³/mol. The number of H-pyrrole nitrogens is 1. The standard InChI is InChI=1S/C36H57NO4/c1-6-7-8-9-10-11-12-13-14-15-16-17-18-19-20-21-34(38)40-27-31(35(2,3)39)30-26-37-32-23-22-28(24-29(30)32)25-33-36(4,5)41-33/h13-14,22-24,26,31,33,37,39H,6-12,15-21,25,27H2,1-5H3/b14-13+/t31-,33+/m1/s1. The topological polar surface area (TPSA) is 74.9 Å². The number of nitrogens with one attached hydrogen (secondary N) is 1. The van der Waals surface area contributed by atoms with Gasteiger partial charge in [-0.2, -0.15) is 0 Å². The van der Waals surface area contributed by atoms with Crippen LogP contribution in [-0.4, -0.2) is 40.0 Å². The molecule has 1 aromatic heterocycles. The average Bonchev–Trinajstić information content (AvgIpc) is 3.31. The van der Waals surface area contributed by atoms with E-state index in [0.29, 0.717) is 6.42 Å². The van der Waals surface area contributed by atoms with Gasteiger partial charge in [0, 0.05) is 35.9 Å². The summed E-state index contributed by atoms with van der Waals surface area (Å²) in [5.41, 5.74) is 2.14. The van der Waals surface area contributed by atoms with Gasteiger partial charge in [-0.05, 0) is 83.1 Å². The fraction of sp³-hybridized carbons (Fsp3) is 0.694. The molecule has 1 saturated heterocycles. The Morgan fingerprint density at radius 2 is 1.63 bits per heavy atom. The Labute approximate surface area is 249 Å². The number of hydrogen-bond acceptors (Lipinski definition) is 4. The molecule has 0 radical (unpaired) electrons. The number of epoxide rings is 1. The van der Waals surface area contributed by atoms with Crippen molar-refractivity contribution in [2.75, 3.05) is 6.61 Å². The molecule has 5 heteroatoms. The van der Waals surface area contributed by atoms with Crippen LogP contribution in [0.3, 0.4) is 0 Å². The van der Waals surface area contributed by atoms with E-state index in [9.17, 15) is 9.90 Å². The molecular formula is C36H57NO4. The third kappa shape index (κ3) is 11.6. The van der Waals surface area contributed by atoms with Crippen LogP contribution in [0.5, 0.6) is 0 Å². The Morgan fingerprint density at radius 3 is 2.24 bits per heavy atom. The molecule has 0 saturated carbocycles. The molecule has 1 aromatic carbocycles. The third-order valence-corrected chi connectivity index (χ3v) is 8.65. The fourth-order valence-electron chi connectivity index (χ4n) is 5.70. The largest absolute Gasteiger partial charge is 0.465 e. The van der Waals surface area contributed by atoms with Gasteiger partial charge in [0.1, 0.15) is 6.61 Å². The summed E-state index contributed by atoms with van der Waals surface area (Å²) in [6, 6.07) is 6.40. The molecule has 2 N–H and O–H groups in total. The van der Waals surface area contributed by atoms with Gasteiger partial charge in [-0.25, -0.2) is 0 Å². The van der Waals surface area contributed by atoms with Crippen molar-refractivity contribution in [3.05, 3.63) is 47.7 Å². The molecule has 0 bridgehead atoms. The zero-order valence-corrected chi connectivity index (χ0v) is 26.6. The van der Waals surface area contributed by atoms with Crippen molar-refractivity contribution >= 4 is 16.9 Å². The van der Waals surface area contributed by atoms with Gasteiger partial charge in [0.05, 0.1) is 17.3 Å². The van der Waals surface area contributed by atoms with Crippen LogP contribution in [-0.2, 0) is 20.7 Å². The molecule has 2 aromatic rings. The van der Waals surface area contributed by atoms with Crippen LogP contribution >= 0.6 is 0 Å². The zero-order valence-electron chi connectivity index (χ0n) is 26.6. The number of aromatic nitrogens is 1. The van der Waals surface area contributed by atoms with E-state index in [1.165, 1.54) is 63.4 Å². The summed E-state index contributed by atoms with van der Waals surface area (Å²) in [6.07, 6.45) is 24.2. The number of carbonyl (C=O) groups excluding carboxylic acids is 1. The van der Waals surface area contributed by atoms with Crippen LogP contribution in [0.4, 0.5) is 0 Å². The first-order valence-electron chi connectivity index (χ1n) is 16.4. The van der Waals surface area contributed by atoms with Gasteiger partial charge in [-0.15, -0.1) is 0 Å². The predicted octanol–water partition coefficient (Wildman–Crippen LogP) is 9.32. The summed E-state index contributed by atoms with van der Waals surface area (Å²) < 4.78 is 11.5. The molecule has 1 aliphatic rings. The minimum Gasteiger partial charge on any atom is -0.465 e. The lowest BCUT2D eigenvalue weighted by Gasteiger charge is -2.29. The van der Waals surface area contributed by atoms with Gasteiger partial charge >= 0.3 is 5.97 Å². The number of rotatable bonds is 21. The molecule has 1 fully saturated rings. The van der Waals surface area contributed by atoms with Crippen molar-refractivity contribution in [1.82, 2.24) is 4.98 Å². The third-order valence-electron chi connectivity index (χ3n) is 8.65. The Kier molecular flexibility index (Phi) is 13.4. The highest BCUT2D eigenvalue weighted by atomic mass is 16.6. The Balaban J connectivity index is 1.33. The van der Waals surface area contributed by atoms with E-state index >= 15 is 0 Å². The molecule has 2 heterocycles. The Hall–Kier alpha value is -2.11. The highest BCUT2D eigenvalue weighted by molar-refractivity contribution is 5.84. The van der Waals surface area contributed by atoms with Crippen LogP contribution in [0, 0.1) is 0 Å². The van der Waals surface area contributed by atoms with Crippen molar-refractivity contribution in [3.8, 4) is 0 Å². The van der Waals surface area contributed by atoms with E-state index in [1.807, 2.05) is 6.20 Å². The molecule has 2 atom stereocenters. The zero-order chi connectivity index (χ0) is 29.7. The number of hydrogen-bond donors (Lipinski definition) is 2. The van der Waals surface area contributed by atoms with E-state index in [0.717, 1.165) is 48.6 Å². The normalized spacial score (nSPS) is 17.4. The van der Waals surface area contributed by atoms with Crippen molar-refractivity contribution in [2.45, 2.75) is 154 Å². The first kappa shape index (κ1) is 33.4. The van der Waals surface area contributed by atoms with Gasteiger partial charge in [-0.3, -0.25) is 4.79 Å². The highest BCUT2D eigenvalue weighted by Crippen LogP contribution is 2.39. The number of allylic oxidation sites excluding steroid dienone is 2. The highest BCUT2D eigenvalue weighted by Gasteiger charge is 2.47. The number of fused-ring (bicyclic) bond motifs is 1. The van der Waals surface area contributed by atoms with Crippen LogP contribution in [0.15, 0.2) is 36.5 Å². The molecule has 0 spiro atoms. The van der Waals surface area contributed by atoms with Crippen LogP contribution < -0.4 is 0 Å². The van der Waals surface area contributed by atoms with E-state index < -0.39 is 5.60 Å². The van der Waals surface area contributed by atoms with E-state index in [4.69, 9.17) is 9.47 Å². The number of aliphatic hydroxyl groups is 1. The van der Waals surface area contributed by atoms with Gasteiger partial charge in [0.25, 0.3) is 0 Å². The summed E-state index contributed by atoms with van der Waals surface area (Å²) in [7, 11) is 0. The molecular weight excluding hydrogens is 510 g/mol. The molecule has 5 nitrogen and oxygen atoms in total. The molecule has 0 aliphatic carbocycles. The maximum Gasteiger partial charge on any atom is 0.305 e.